The Hall–Kier alpha value is -1.64. The maximum atomic E-state index is 11.7. The van der Waals surface area contributed by atoms with Crippen molar-refractivity contribution in [3.05, 3.63) is 28.2 Å². The Balaban J connectivity index is 2.23. The highest BCUT2D eigenvalue weighted by Gasteiger charge is 2.28. The molecule has 1 aliphatic heterocycles. The summed E-state index contributed by atoms with van der Waals surface area (Å²) in [4.78, 5) is 14.7. The molecule has 1 saturated heterocycles. The molecule has 20 heavy (non-hydrogen) atoms. The van der Waals surface area contributed by atoms with Gasteiger partial charge in [0.1, 0.15) is 0 Å². The smallest absolute Gasteiger partial charge is 0.319 e. The lowest BCUT2D eigenvalue weighted by molar-refractivity contribution is 0.251. The summed E-state index contributed by atoms with van der Waals surface area (Å²) in [6.07, 6.45) is 3.91. The van der Waals surface area contributed by atoms with Crippen LogP contribution in [0, 0.1) is 11.5 Å². The summed E-state index contributed by atoms with van der Waals surface area (Å²) in [5, 5.41) is 9.89. The molecule has 2 amide bonds. The van der Waals surface area contributed by atoms with Crippen molar-refractivity contribution in [2.45, 2.75) is 18.9 Å². The summed E-state index contributed by atoms with van der Waals surface area (Å²) in [5.41, 5.74) is 5.94. The maximum absolute atomic E-state index is 11.7. The molecule has 0 aliphatic carbocycles. The van der Waals surface area contributed by atoms with E-state index in [-0.39, 0.29) is 6.04 Å². The summed E-state index contributed by atoms with van der Waals surface area (Å²) in [6.45, 7) is 1.05. The normalized spacial score (nSPS) is 17.9. The molecular formula is C13H14Cl2N4O. The average Bonchev–Trinajstić information content (AvgIpc) is 2.83. The van der Waals surface area contributed by atoms with E-state index >= 15 is 0 Å². The van der Waals surface area contributed by atoms with Crippen LogP contribution in [0.1, 0.15) is 12.8 Å². The molecule has 5 nitrogen and oxygen atoms in total. The number of likely N-dealkylation sites (tertiary alicyclic amines) is 1. The standard InChI is InChI=1S/C13H14Cl2N4O/c14-9-3-4-12(11(15)6-9)19(13(17)20)7-10-2-1-5-18(10)8-16/h3-4,6,10H,1-2,5,7H2,(H2,17,20). The third-order valence-corrected chi connectivity index (χ3v) is 3.90. The van der Waals surface area contributed by atoms with Crippen LogP contribution in [0.4, 0.5) is 10.5 Å². The first kappa shape index (κ1) is 14.8. The van der Waals surface area contributed by atoms with E-state index < -0.39 is 6.03 Å². The van der Waals surface area contributed by atoms with E-state index in [1.54, 1.807) is 23.1 Å². The van der Waals surface area contributed by atoms with Crippen LogP contribution in [0.15, 0.2) is 18.2 Å². The summed E-state index contributed by atoms with van der Waals surface area (Å²) in [6, 6.07) is 4.24. The van der Waals surface area contributed by atoms with Crippen molar-refractivity contribution in [1.29, 1.82) is 5.26 Å². The van der Waals surface area contributed by atoms with Gasteiger partial charge in [0.25, 0.3) is 0 Å². The highest BCUT2D eigenvalue weighted by atomic mass is 35.5. The molecule has 1 heterocycles. The van der Waals surface area contributed by atoms with Crippen molar-refractivity contribution in [2.24, 2.45) is 5.73 Å². The minimum Gasteiger partial charge on any atom is -0.351 e. The molecule has 1 aromatic carbocycles. The number of nitrogens with zero attached hydrogens (tertiary/aromatic N) is 3. The molecular weight excluding hydrogens is 299 g/mol. The molecule has 1 atom stereocenters. The fraction of sp³-hybridized carbons (Fsp3) is 0.385. The zero-order valence-electron chi connectivity index (χ0n) is 10.7. The summed E-state index contributed by atoms with van der Waals surface area (Å²) in [5.74, 6) is 0. The molecule has 0 bridgehead atoms. The molecule has 1 aromatic rings. The molecule has 1 fully saturated rings. The number of carbonyl (C=O) groups is 1. The van der Waals surface area contributed by atoms with E-state index in [1.807, 2.05) is 0 Å². The number of hydrogen-bond acceptors (Lipinski definition) is 3. The first-order chi connectivity index (χ1) is 9.52. The van der Waals surface area contributed by atoms with Gasteiger partial charge in [-0.25, -0.2) is 4.79 Å². The Morgan fingerprint density at radius 1 is 1.55 bits per heavy atom. The summed E-state index contributed by atoms with van der Waals surface area (Å²) in [7, 11) is 0. The van der Waals surface area contributed by atoms with E-state index in [0.29, 0.717) is 28.8 Å². The van der Waals surface area contributed by atoms with Gasteiger partial charge < -0.3 is 10.6 Å². The number of hydrogen-bond donors (Lipinski definition) is 1. The highest BCUT2D eigenvalue weighted by Crippen LogP contribution is 2.30. The number of benzene rings is 1. The molecule has 1 aliphatic rings. The molecule has 0 radical (unpaired) electrons. The van der Waals surface area contributed by atoms with Gasteiger partial charge in [0.05, 0.1) is 16.8 Å². The Kier molecular flexibility index (Phi) is 4.58. The lowest BCUT2D eigenvalue weighted by Gasteiger charge is -2.27. The van der Waals surface area contributed by atoms with Crippen molar-refractivity contribution in [2.75, 3.05) is 18.0 Å². The van der Waals surface area contributed by atoms with Gasteiger partial charge in [-0.2, -0.15) is 5.26 Å². The Morgan fingerprint density at radius 2 is 2.30 bits per heavy atom. The summed E-state index contributed by atoms with van der Waals surface area (Å²) < 4.78 is 0. The SMILES string of the molecule is N#CN1CCCC1CN(C(N)=O)c1ccc(Cl)cc1Cl. The first-order valence-corrected chi connectivity index (χ1v) is 6.97. The van der Waals surface area contributed by atoms with E-state index in [0.717, 1.165) is 12.8 Å². The minimum atomic E-state index is -0.598. The van der Waals surface area contributed by atoms with Crippen LogP contribution in [-0.2, 0) is 0 Å². The number of nitriles is 1. The number of primary amides is 1. The van der Waals surface area contributed by atoms with Crippen LogP contribution in [0.3, 0.4) is 0 Å². The molecule has 2 rings (SSSR count). The summed E-state index contributed by atoms with van der Waals surface area (Å²) >= 11 is 12.0. The average molecular weight is 313 g/mol. The second kappa shape index (κ2) is 6.21. The van der Waals surface area contributed by atoms with Crippen LogP contribution in [-0.4, -0.2) is 30.1 Å². The molecule has 106 valence electrons. The van der Waals surface area contributed by atoms with E-state index in [1.165, 1.54) is 4.90 Å². The largest absolute Gasteiger partial charge is 0.351 e. The van der Waals surface area contributed by atoms with Crippen molar-refractivity contribution in [1.82, 2.24) is 4.90 Å². The fourth-order valence-corrected chi connectivity index (χ4v) is 2.89. The third-order valence-electron chi connectivity index (χ3n) is 3.37. The predicted octanol–water partition coefficient (Wildman–Crippen LogP) is 2.82. The van der Waals surface area contributed by atoms with Crippen LogP contribution in [0.5, 0.6) is 0 Å². The topological polar surface area (TPSA) is 73.4 Å². The number of carbonyl (C=O) groups excluding carboxylic acids is 1. The second-order valence-electron chi connectivity index (χ2n) is 4.63. The van der Waals surface area contributed by atoms with Crippen LogP contribution in [0.2, 0.25) is 10.0 Å². The Labute approximate surface area is 127 Å². The lowest BCUT2D eigenvalue weighted by Crippen LogP contribution is -2.44. The number of urea groups is 1. The number of amides is 2. The molecule has 1 unspecified atom stereocenters. The quantitative estimate of drug-likeness (QED) is 0.872. The zero-order chi connectivity index (χ0) is 14.7. The van der Waals surface area contributed by atoms with Crippen LogP contribution >= 0.6 is 23.2 Å². The van der Waals surface area contributed by atoms with Gasteiger partial charge in [-0.15, -0.1) is 0 Å². The Bertz CT molecular complexity index is 558. The predicted molar refractivity (Wildman–Crippen MR) is 78.7 cm³/mol. The fourth-order valence-electron chi connectivity index (χ4n) is 2.38. The van der Waals surface area contributed by atoms with Crippen LogP contribution < -0.4 is 10.6 Å². The highest BCUT2D eigenvalue weighted by molar-refractivity contribution is 6.36. The molecule has 0 spiro atoms. The van der Waals surface area contributed by atoms with Crippen molar-refractivity contribution < 1.29 is 4.79 Å². The van der Waals surface area contributed by atoms with E-state index in [9.17, 15) is 4.79 Å². The van der Waals surface area contributed by atoms with Gasteiger partial charge in [-0.1, -0.05) is 23.2 Å². The molecule has 7 heteroatoms. The van der Waals surface area contributed by atoms with E-state index in [2.05, 4.69) is 6.19 Å². The third kappa shape index (κ3) is 3.09. The Morgan fingerprint density at radius 3 is 2.90 bits per heavy atom. The second-order valence-corrected chi connectivity index (χ2v) is 5.48. The maximum Gasteiger partial charge on any atom is 0.319 e. The number of nitrogens with two attached hydrogens (primary N) is 1. The van der Waals surface area contributed by atoms with Gasteiger partial charge in [0, 0.05) is 18.1 Å². The van der Waals surface area contributed by atoms with Gasteiger partial charge >= 0.3 is 6.03 Å². The van der Waals surface area contributed by atoms with Crippen molar-refractivity contribution in [3.63, 3.8) is 0 Å². The monoisotopic (exact) mass is 312 g/mol. The lowest BCUT2D eigenvalue weighted by atomic mass is 10.2. The minimum absolute atomic E-state index is 0.0285. The number of anilines is 1. The van der Waals surface area contributed by atoms with Crippen molar-refractivity contribution >= 4 is 34.9 Å². The van der Waals surface area contributed by atoms with E-state index in [4.69, 9.17) is 34.2 Å². The molecule has 0 aromatic heterocycles. The molecule has 2 N–H and O–H groups in total. The number of halogens is 2. The van der Waals surface area contributed by atoms with Crippen LogP contribution in [0.25, 0.3) is 0 Å². The van der Waals surface area contributed by atoms with Gasteiger partial charge in [0.2, 0.25) is 0 Å². The first-order valence-electron chi connectivity index (χ1n) is 6.21. The molecule has 0 saturated carbocycles. The zero-order valence-corrected chi connectivity index (χ0v) is 12.2. The van der Waals surface area contributed by atoms with Gasteiger partial charge in [0.15, 0.2) is 6.19 Å². The van der Waals surface area contributed by atoms with Crippen molar-refractivity contribution in [3.8, 4) is 6.19 Å². The van der Waals surface area contributed by atoms with Gasteiger partial charge in [-0.05, 0) is 31.0 Å². The number of rotatable bonds is 3. The van der Waals surface area contributed by atoms with Gasteiger partial charge in [-0.3, -0.25) is 4.90 Å².